The lowest BCUT2D eigenvalue weighted by Gasteiger charge is -2.41. The van der Waals surface area contributed by atoms with Gasteiger partial charge < -0.3 is 19.6 Å². The summed E-state index contributed by atoms with van der Waals surface area (Å²) in [7, 11) is 0. The summed E-state index contributed by atoms with van der Waals surface area (Å²) >= 11 is 1.57. The number of hydrogen-bond acceptors (Lipinski definition) is 6. The number of cyclic esters (lactones) is 1. The molecule has 2 saturated heterocycles. The molecule has 8 heteroatoms. The van der Waals surface area contributed by atoms with Gasteiger partial charge in [-0.3, -0.25) is 14.4 Å². The van der Waals surface area contributed by atoms with Crippen molar-refractivity contribution in [3.63, 3.8) is 0 Å². The average Bonchev–Trinajstić information content (AvgIpc) is 3.00. The van der Waals surface area contributed by atoms with E-state index in [1.165, 1.54) is 0 Å². The van der Waals surface area contributed by atoms with E-state index in [1.807, 2.05) is 56.9 Å². The molecule has 7 nitrogen and oxygen atoms in total. The molecular formula is C24H34N2O5S. The predicted molar refractivity (Wildman–Crippen MR) is 123 cm³/mol. The molecule has 1 N–H and O–H groups in total. The minimum Gasteiger partial charge on any atom is -0.465 e. The van der Waals surface area contributed by atoms with Gasteiger partial charge in [0.1, 0.15) is 6.04 Å². The number of unbranched alkanes of at least 4 members (excludes halogenated alkanes) is 1. The van der Waals surface area contributed by atoms with E-state index in [-0.39, 0.29) is 24.4 Å². The first-order valence-electron chi connectivity index (χ1n) is 11.5. The highest BCUT2D eigenvalue weighted by atomic mass is 32.2. The molecule has 0 aromatic heterocycles. The van der Waals surface area contributed by atoms with E-state index in [2.05, 4.69) is 0 Å². The number of esters is 1. The number of aliphatic hydroxyl groups excluding tert-OH is 1. The molecule has 0 aliphatic carbocycles. The third kappa shape index (κ3) is 3.50. The Hall–Kier alpha value is -1.80. The smallest absolute Gasteiger partial charge is 0.311 e. The van der Waals surface area contributed by atoms with Gasteiger partial charge in [0.05, 0.1) is 23.2 Å². The molecule has 1 unspecified atom stereocenters. The monoisotopic (exact) mass is 462 g/mol. The molecule has 4 aliphatic heterocycles. The van der Waals surface area contributed by atoms with Gasteiger partial charge in [-0.1, -0.05) is 24.3 Å². The number of thioether (sulfide) groups is 1. The number of aliphatic hydroxyl groups is 1. The molecule has 0 aromatic carbocycles. The highest BCUT2D eigenvalue weighted by Crippen LogP contribution is 2.65. The van der Waals surface area contributed by atoms with Gasteiger partial charge in [0.2, 0.25) is 11.8 Å². The minimum absolute atomic E-state index is 0.0375. The molecule has 2 fully saturated rings. The van der Waals surface area contributed by atoms with Crippen LogP contribution in [0.25, 0.3) is 0 Å². The summed E-state index contributed by atoms with van der Waals surface area (Å²) in [5, 5.41) is 9.26. The second-order valence-corrected chi connectivity index (χ2v) is 12.1. The van der Waals surface area contributed by atoms with Crippen molar-refractivity contribution in [3.05, 3.63) is 24.3 Å². The zero-order chi connectivity index (χ0) is 23.3. The number of nitrogens with zero attached hydrogens (tertiary/aromatic N) is 2. The van der Waals surface area contributed by atoms with Crippen LogP contribution < -0.4 is 0 Å². The second-order valence-electron chi connectivity index (χ2n) is 10.3. The summed E-state index contributed by atoms with van der Waals surface area (Å²) in [6, 6.07) is -0.687. The Bertz CT molecular complexity index is 865. The van der Waals surface area contributed by atoms with E-state index < -0.39 is 32.9 Å². The van der Waals surface area contributed by atoms with Crippen LogP contribution in [0.1, 0.15) is 47.0 Å². The van der Waals surface area contributed by atoms with E-state index in [9.17, 15) is 19.5 Å². The molecule has 5 atom stereocenters. The van der Waals surface area contributed by atoms with Crippen molar-refractivity contribution < 1.29 is 24.2 Å². The quantitative estimate of drug-likeness (QED) is 0.391. The lowest BCUT2D eigenvalue weighted by molar-refractivity contribution is -0.154. The molecule has 1 spiro atoms. The van der Waals surface area contributed by atoms with Crippen LogP contribution in [0.4, 0.5) is 0 Å². The Morgan fingerprint density at radius 1 is 1.12 bits per heavy atom. The van der Waals surface area contributed by atoms with Gasteiger partial charge in [0, 0.05) is 30.0 Å². The molecule has 4 aliphatic rings. The van der Waals surface area contributed by atoms with Crippen LogP contribution in [0.15, 0.2) is 24.3 Å². The van der Waals surface area contributed by atoms with Crippen molar-refractivity contribution >= 4 is 29.5 Å². The van der Waals surface area contributed by atoms with Crippen molar-refractivity contribution in [1.82, 2.24) is 9.80 Å². The van der Waals surface area contributed by atoms with Gasteiger partial charge >= 0.3 is 5.97 Å². The molecule has 0 bridgehead atoms. The summed E-state index contributed by atoms with van der Waals surface area (Å²) in [4.78, 5) is 44.6. The van der Waals surface area contributed by atoms with Crippen LogP contribution >= 0.6 is 11.8 Å². The number of fused-ring (bicyclic) bond motifs is 2. The largest absolute Gasteiger partial charge is 0.465 e. The van der Waals surface area contributed by atoms with E-state index >= 15 is 0 Å². The lowest BCUT2D eigenvalue weighted by Crippen LogP contribution is -2.57. The van der Waals surface area contributed by atoms with Crippen LogP contribution in [0, 0.1) is 11.8 Å². The maximum Gasteiger partial charge on any atom is 0.311 e. The van der Waals surface area contributed by atoms with Gasteiger partial charge in [-0.2, -0.15) is 0 Å². The zero-order valence-electron chi connectivity index (χ0n) is 19.4. The molecular weight excluding hydrogens is 428 g/mol. The third-order valence-electron chi connectivity index (χ3n) is 7.14. The fraction of sp³-hybridized carbons (Fsp3) is 0.708. The van der Waals surface area contributed by atoms with E-state index in [4.69, 9.17) is 4.74 Å². The molecule has 2 amide bonds. The Balaban J connectivity index is 1.85. The average molecular weight is 463 g/mol. The van der Waals surface area contributed by atoms with Gasteiger partial charge in [-0.25, -0.2) is 0 Å². The topological polar surface area (TPSA) is 87.2 Å². The number of rotatable bonds is 4. The molecule has 4 heterocycles. The van der Waals surface area contributed by atoms with Crippen LogP contribution in [0.3, 0.4) is 0 Å². The summed E-state index contributed by atoms with van der Waals surface area (Å²) < 4.78 is 4.07. The van der Waals surface area contributed by atoms with Crippen LogP contribution in [0.5, 0.6) is 0 Å². The van der Waals surface area contributed by atoms with E-state index in [1.54, 1.807) is 16.7 Å². The summed E-state index contributed by atoms with van der Waals surface area (Å²) in [5.74, 6) is -1.90. The van der Waals surface area contributed by atoms with Crippen molar-refractivity contribution in [2.75, 3.05) is 26.3 Å². The van der Waals surface area contributed by atoms with Crippen LogP contribution in [0.2, 0.25) is 0 Å². The van der Waals surface area contributed by atoms with E-state index in [0.717, 1.165) is 0 Å². The first-order chi connectivity index (χ1) is 15.1. The molecule has 32 heavy (non-hydrogen) atoms. The number of likely N-dealkylation sites (tertiary alicyclic amines) is 1. The van der Waals surface area contributed by atoms with Crippen LogP contribution in [-0.2, 0) is 19.1 Å². The van der Waals surface area contributed by atoms with E-state index in [0.29, 0.717) is 39.0 Å². The minimum atomic E-state index is -0.833. The Morgan fingerprint density at radius 3 is 2.56 bits per heavy atom. The predicted octanol–water partition coefficient (Wildman–Crippen LogP) is 2.15. The highest BCUT2D eigenvalue weighted by molar-refractivity contribution is 8.02. The second kappa shape index (κ2) is 8.20. The highest BCUT2D eigenvalue weighted by Gasteiger charge is 2.74. The van der Waals surface area contributed by atoms with Crippen LogP contribution in [-0.4, -0.2) is 80.1 Å². The number of ether oxygens (including phenoxy) is 1. The maximum atomic E-state index is 14.0. The summed E-state index contributed by atoms with van der Waals surface area (Å²) in [6.45, 7) is 9.17. The molecule has 0 radical (unpaired) electrons. The first-order valence-corrected chi connectivity index (χ1v) is 12.3. The van der Waals surface area contributed by atoms with Gasteiger partial charge in [-0.15, -0.1) is 11.8 Å². The molecule has 0 aromatic rings. The van der Waals surface area contributed by atoms with Gasteiger partial charge in [-0.05, 0) is 47.0 Å². The Labute approximate surface area is 194 Å². The maximum absolute atomic E-state index is 14.0. The van der Waals surface area contributed by atoms with Gasteiger partial charge in [0.25, 0.3) is 0 Å². The summed E-state index contributed by atoms with van der Waals surface area (Å²) in [5.41, 5.74) is -0.404. The first kappa shape index (κ1) is 23.4. The standard InChI is InChI=1S/C24H34N2O5S/c1-22(2,3)26-13-9-11-24-16(17-21(30)31-15-8-5-10-23(17,4)32-24)19(28)25(12-6-7-14-27)18(24)20(26)29/h5,9-11,16-18,27H,6-8,12-15H2,1-4H3/t16-,17-,18?,23+,24-/m0/s1. The van der Waals surface area contributed by atoms with Crippen molar-refractivity contribution in [2.45, 2.75) is 68.0 Å². The van der Waals surface area contributed by atoms with Crippen molar-refractivity contribution in [1.29, 1.82) is 0 Å². The fourth-order valence-corrected chi connectivity index (χ4v) is 7.88. The number of hydrogen-bond donors (Lipinski definition) is 1. The third-order valence-corrected chi connectivity index (χ3v) is 8.93. The Kier molecular flexibility index (Phi) is 5.99. The van der Waals surface area contributed by atoms with Crippen molar-refractivity contribution in [3.8, 4) is 0 Å². The molecule has 176 valence electrons. The fourth-order valence-electron chi connectivity index (χ4n) is 5.73. The lowest BCUT2D eigenvalue weighted by atomic mass is 9.74. The number of carbonyl (C=O) groups excluding carboxylic acids is 3. The normalized spacial score (nSPS) is 36.9. The van der Waals surface area contributed by atoms with Crippen molar-refractivity contribution in [2.24, 2.45) is 11.8 Å². The molecule has 4 rings (SSSR count). The summed E-state index contributed by atoms with van der Waals surface area (Å²) in [6.07, 6.45) is 9.88. The van der Waals surface area contributed by atoms with Gasteiger partial charge in [0.15, 0.2) is 0 Å². The SMILES string of the molecule is CC(C)(C)N1CC=C[C@]23S[C@]4(C)C=CCCOC(=O)[C@@H]4[C@H]2C(=O)N(CCCCO)C3C1=O. The zero-order valence-corrected chi connectivity index (χ0v) is 20.2. The Morgan fingerprint density at radius 2 is 1.88 bits per heavy atom. The molecule has 0 saturated carbocycles. The number of carbonyl (C=O) groups is 3. The number of amides is 2.